The van der Waals surface area contributed by atoms with E-state index in [1.165, 1.54) is 0 Å². The van der Waals surface area contributed by atoms with Gasteiger partial charge in [-0.15, -0.1) is 5.06 Å². The zero-order valence-electron chi connectivity index (χ0n) is 12.5. The number of rotatable bonds is 11. The van der Waals surface area contributed by atoms with Crippen LogP contribution in [0.4, 0.5) is 0 Å². The summed E-state index contributed by atoms with van der Waals surface area (Å²) in [5.41, 5.74) is 0. The molecule has 1 aliphatic heterocycles. The number of hydroxylamine groups is 2. The van der Waals surface area contributed by atoms with Crippen molar-refractivity contribution >= 4 is 46.3 Å². The summed E-state index contributed by atoms with van der Waals surface area (Å²) in [7, 11) is 0. The monoisotopic (exact) mass is 442 g/mol. The molecule has 0 saturated carbocycles. The van der Waals surface area contributed by atoms with Crippen molar-refractivity contribution in [1.29, 1.82) is 0 Å². The molecule has 0 aromatic carbocycles. The molecule has 0 atom stereocenters. The van der Waals surface area contributed by atoms with Crippen LogP contribution in [0.2, 0.25) is 0 Å². The minimum absolute atomic E-state index is 0.0427. The Morgan fingerprint density at radius 2 is 1.65 bits per heavy atom. The number of ether oxygens (including phenoxy) is 2. The highest BCUT2D eigenvalue weighted by Gasteiger charge is 2.32. The van der Waals surface area contributed by atoms with Gasteiger partial charge in [0.25, 0.3) is 11.8 Å². The fraction of sp³-hybridized carbons (Fsp3) is 0.692. The molecule has 1 rings (SSSR count). The molecule has 23 heavy (non-hydrogen) atoms. The van der Waals surface area contributed by atoms with Gasteiger partial charge >= 0.3 is 5.97 Å². The lowest BCUT2D eigenvalue weighted by molar-refractivity contribution is -0.198. The zero-order valence-corrected chi connectivity index (χ0v) is 14.7. The minimum atomic E-state index is -0.698. The molecule has 0 bridgehead atoms. The molecule has 1 heterocycles. The van der Waals surface area contributed by atoms with Crippen molar-refractivity contribution in [3.63, 3.8) is 0 Å². The Morgan fingerprint density at radius 1 is 1.04 bits per heavy atom. The molecule has 0 unspecified atom stereocenters. The number of alkyl halides is 1. The summed E-state index contributed by atoms with van der Waals surface area (Å²) in [6.07, 6.45) is 0.0687. The molecule has 1 aliphatic rings. The van der Waals surface area contributed by atoms with Crippen molar-refractivity contribution < 1.29 is 33.5 Å². The molecule has 1 saturated heterocycles. The second kappa shape index (κ2) is 11.3. The summed E-state index contributed by atoms with van der Waals surface area (Å²) in [4.78, 5) is 49.5. The van der Waals surface area contributed by atoms with Crippen LogP contribution < -0.4 is 5.32 Å². The average molecular weight is 442 g/mol. The summed E-state index contributed by atoms with van der Waals surface area (Å²) in [6.45, 7) is 1.54. The lowest BCUT2D eigenvalue weighted by Crippen LogP contribution is -2.32. The topological polar surface area (TPSA) is 111 Å². The summed E-state index contributed by atoms with van der Waals surface area (Å²) in [6, 6.07) is 0. The third kappa shape index (κ3) is 8.23. The van der Waals surface area contributed by atoms with Gasteiger partial charge in [-0.25, -0.2) is 4.79 Å². The first-order valence-corrected chi connectivity index (χ1v) is 8.62. The van der Waals surface area contributed by atoms with E-state index < -0.39 is 17.8 Å². The maximum Gasteiger partial charge on any atom is 0.335 e. The summed E-state index contributed by atoms with van der Waals surface area (Å²) >= 11 is 1.97. The molecule has 10 heteroatoms. The second-order valence-corrected chi connectivity index (χ2v) is 5.27. The Bertz CT molecular complexity index is 428. The highest BCUT2D eigenvalue weighted by Crippen LogP contribution is 2.12. The predicted octanol–water partition coefficient (Wildman–Crippen LogP) is -0.432. The number of hydrogen-bond acceptors (Lipinski definition) is 7. The fourth-order valence-electron chi connectivity index (χ4n) is 1.59. The van der Waals surface area contributed by atoms with Crippen molar-refractivity contribution in [3.05, 3.63) is 0 Å². The van der Waals surface area contributed by atoms with Crippen molar-refractivity contribution in [2.75, 3.05) is 37.4 Å². The fourth-order valence-corrected chi connectivity index (χ4v) is 1.86. The number of nitrogens with zero attached hydrogens (tertiary/aromatic N) is 1. The van der Waals surface area contributed by atoms with Crippen LogP contribution in [0.3, 0.4) is 0 Å². The molecule has 0 aliphatic carbocycles. The first kappa shape index (κ1) is 19.8. The number of nitrogens with one attached hydrogen (secondary N) is 1. The molecule has 3 amide bonds. The van der Waals surface area contributed by atoms with E-state index in [0.717, 1.165) is 0 Å². The third-order valence-corrected chi connectivity index (χ3v) is 3.40. The Hall–Kier alpha value is -1.27. The summed E-state index contributed by atoms with van der Waals surface area (Å²) in [5.74, 6) is -1.75. The van der Waals surface area contributed by atoms with E-state index in [4.69, 9.17) is 9.47 Å². The Kier molecular flexibility index (Phi) is 9.71. The number of carbonyl (C=O) groups excluding carboxylic acids is 4. The maximum atomic E-state index is 11.4. The molecule has 0 spiro atoms. The van der Waals surface area contributed by atoms with Crippen LogP contribution in [0, 0.1) is 0 Å². The van der Waals surface area contributed by atoms with Crippen molar-refractivity contribution in [2.45, 2.75) is 19.3 Å². The molecule has 0 radical (unpaired) electrons. The molecule has 1 N–H and O–H groups in total. The van der Waals surface area contributed by atoms with E-state index in [1.807, 2.05) is 22.6 Å². The van der Waals surface area contributed by atoms with Crippen LogP contribution in [-0.2, 0) is 33.5 Å². The molecular weight excluding hydrogens is 423 g/mol. The second-order valence-electron chi connectivity index (χ2n) is 4.50. The van der Waals surface area contributed by atoms with Gasteiger partial charge in [-0.1, -0.05) is 22.6 Å². The number of halogens is 1. The first-order valence-electron chi connectivity index (χ1n) is 7.09. The van der Waals surface area contributed by atoms with Crippen molar-refractivity contribution in [1.82, 2.24) is 10.4 Å². The Labute approximate surface area is 147 Å². The highest BCUT2D eigenvalue weighted by atomic mass is 127. The van der Waals surface area contributed by atoms with Gasteiger partial charge in [0.1, 0.15) is 0 Å². The van der Waals surface area contributed by atoms with Gasteiger partial charge in [-0.3, -0.25) is 14.4 Å². The van der Waals surface area contributed by atoms with Crippen LogP contribution in [0.1, 0.15) is 19.3 Å². The highest BCUT2D eigenvalue weighted by molar-refractivity contribution is 14.1. The number of hydrogen-bond donors (Lipinski definition) is 1. The van der Waals surface area contributed by atoms with E-state index in [9.17, 15) is 19.2 Å². The van der Waals surface area contributed by atoms with Crippen molar-refractivity contribution in [3.8, 4) is 0 Å². The Balaban J connectivity index is 1.94. The first-order chi connectivity index (χ1) is 11.0. The Morgan fingerprint density at radius 3 is 2.26 bits per heavy atom. The van der Waals surface area contributed by atoms with E-state index in [-0.39, 0.29) is 38.4 Å². The van der Waals surface area contributed by atoms with Gasteiger partial charge < -0.3 is 19.6 Å². The molecule has 130 valence electrons. The van der Waals surface area contributed by atoms with Crippen LogP contribution in [0.5, 0.6) is 0 Å². The van der Waals surface area contributed by atoms with Gasteiger partial charge in [-0.05, 0) is 0 Å². The average Bonchev–Trinajstić information content (AvgIpc) is 2.84. The largest absolute Gasteiger partial charge is 0.378 e. The van der Waals surface area contributed by atoms with Gasteiger partial charge in [0.05, 0.1) is 37.3 Å². The van der Waals surface area contributed by atoms with Gasteiger partial charge in [0.2, 0.25) is 5.91 Å². The lowest BCUT2D eigenvalue weighted by atomic mass is 10.4. The number of amides is 3. The number of imide groups is 1. The smallest absolute Gasteiger partial charge is 0.335 e. The molecule has 9 nitrogen and oxygen atoms in total. The van der Waals surface area contributed by atoms with Gasteiger partial charge in [0, 0.05) is 19.4 Å². The van der Waals surface area contributed by atoms with E-state index >= 15 is 0 Å². The van der Waals surface area contributed by atoms with Crippen LogP contribution in [-0.4, -0.2) is 66.2 Å². The standard InChI is InChI=1S/C13H19IN2O7/c14-9-10(17)15-4-6-22-8-7-21-5-3-13(20)23-16-11(18)1-2-12(16)19/h1-9H2,(H,15,17). The summed E-state index contributed by atoms with van der Waals surface area (Å²) < 4.78 is 10.8. The maximum absolute atomic E-state index is 11.4. The van der Waals surface area contributed by atoms with Crippen LogP contribution in [0.15, 0.2) is 0 Å². The third-order valence-electron chi connectivity index (χ3n) is 2.71. The van der Waals surface area contributed by atoms with Crippen LogP contribution >= 0.6 is 22.6 Å². The minimum Gasteiger partial charge on any atom is -0.378 e. The van der Waals surface area contributed by atoms with Crippen molar-refractivity contribution in [2.24, 2.45) is 0 Å². The van der Waals surface area contributed by atoms with E-state index in [2.05, 4.69) is 10.2 Å². The molecular formula is C13H19IN2O7. The normalized spacial score (nSPS) is 14.2. The quantitative estimate of drug-likeness (QED) is 0.200. The van der Waals surface area contributed by atoms with E-state index in [1.54, 1.807) is 0 Å². The molecule has 0 aromatic rings. The molecule has 0 aromatic heterocycles. The lowest BCUT2D eigenvalue weighted by Gasteiger charge is -2.12. The number of carbonyl (C=O) groups is 4. The van der Waals surface area contributed by atoms with Crippen LogP contribution in [0.25, 0.3) is 0 Å². The SMILES string of the molecule is O=C(CI)NCCOCCOCCC(=O)ON1C(=O)CCC1=O. The molecule has 1 fully saturated rings. The van der Waals surface area contributed by atoms with Gasteiger partial charge in [-0.2, -0.15) is 0 Å². The predicted molar refractivity (Wildman–Crippen MR) is 85.3 cm³/mol. The summed E-state index contributed by atoms with van der Waals surface area (Å²) in [5, 5.41) is 3.17. The van der Waals surface area contributed by atoms with E-state index in [0.29, 0.717) is 29.2 Å². The van der Waals surface area contributed by atoms with Gasteiger partial charge in [0.15, 0.2) is 0 Å². The zero-order chi connectivity index (χ0) is 17.1.